The lowest BCUT2D eigenvalue weighted by atomic mass is 10.3. The summed E-state index contributed by atoms with van der Waals surface area (Å²) in [4.78, 5) is 13.4. The fraction of sp³-hybridized carbons (Fsp3) is 0.0769. The number of carbonyl (C=O) groups is 1. The van der Waals surface area contributed by atoms with E-state index >= 15 is 0 Å². The number of nitrogens with zero attached hydrogens (tertiary/aromatic N) is 4. The number of hydrogen-bond donors (Lipinski definition) is 1. The van der Waals surface area contributed by atoms with Crippen molar-refractivity contribution in [3.05, 3.63) is 54.0 Å². The molecule has 3 aromatic rings. The number of hydrogen-bond acceptors (Lipinski definition) is 5. The number of anilines is 1. The van der Waals surface area contributed by atoms with E-state index in [9.17, 15) is 4.79 Å². The van der Waals surface area contributed by atoms with Crippen LogP contribution in [0.15, 0.2) is 47.1 Å². The molecule has 3 rings (SSSR count). The maximum atomic E-state index is 12.0. The van der Waals surface area contributed by atoms with Crippen LogP contribution in [0.1, 0.15) is 16.2 Å². The zero-order chi connectivity index (χ0) is 13.9. The Hall–Kier alpha value is -2.96. The van der Waals surface area contributed by atoms with E-state index in [1.54, 1.807) is 13.0 Å². The van der Waals surface area contributed by atoms with Gasteiger partial charge >= 0.3 is 0 Å². The highest BCUT2D eigenvalue weighted by Crippen LogP contribution is 2.09. The number of aryl methyl sites for hydroxylation is 1. The molecule has 0 radical (unpaired) electrons. The van der Waals surface area contributed by atoms with Gasteiger partial charge < -0.3 is 9.84 Å². The van der Waals surface area contributed by atoms with Crippen molar-refractivity contribution < 1.29 is 9.32 Å². The van der Waals surface area contributed by atoms with Crippen LogP contribution in [0.5, 0.6) is 0 Å². The molecule has 0 spiro atoms. The zero-order valence-corrected chi connectivity index (χ0v) is 10.6. The lowest BCUT2D eigenvalue weighted by Gasteiger charge is -1.98. The van der Waals surface area contributed by atoms with Crippen LogP contribution < -0.4 is 5.32 Å². The van der Waals surface area contributed by atoms with Crippen molar-refractivity contribution in [2.45, 2.75) is 6.92 Å². The fourth-order valence-electron chi connectivity index (χ4n) is 1.66. The highest BCUT2D eigenvalue weighted by atomic mass is 16.5. The van der Waals surface area contributed by atoms with E-state index in [0.717, 1.165) is 5.69 Å². The Labute approximate surface area is 114 Å². The van der Waals surface area contributed by atoms with Crippen molar-refractivity contribution in [1.82, 2.24) is 20.2 Å². The van der Waals surface area contributed by atoms with E-state index in [1.807, 2.05) is 30.3 Å². The molecule has 0 aliphatic heterocycles. The third-order valence-corrected chi connectivity index (χ3v) is 2.58. The van der Waals surface area contributed by atoms with Gasteiger partial charge in [0.15, 0.2) is 11.5 Å². The minimum absolute atomic E-state index is 0.203. The van der Waals surface area contributed by atoms with Gasteiger partial charge in [-0.2, -0.15) is 9.90 Å². The summed E-state index contributed by atoms with van der Waals surface area (Å²) < 4.78 is 4.87. The Morgan fingerprint density at radius 3 is 2.80 bits per heavy atom. The number of aromatic nitrogens is 4. The largest absolute Gasteiger partial charge is 0.360 e. The van der Waals surface area contributed by atoms with Gasteiger partial charge in [0.25, 0.3) is 5.91 Å². The van der Waals surface area contributed by atoms with Gasteiger partial charge in [-0.25, -0.2) is 0 Å². The molecule has 2 heterocycles. The van der Waals surface area contributed by atoms with Gasteiger partial charge in [0, 0.05) is 6.07 Å². The summed E-state index contributed by atoms with van der Waals surface area (Å²) in [7, 11) is 0. The molecule has 1 N–H and O–H groups in total. The third kappa shape index (κ3) is 2.41. The van der Waals surface area contributed by atoms with Gasteiger partial charge in [0.05, 0.1) is 11.9 Å². The van der Waals surface area contributed by atoms with Gasteiger partial charge in [-0.05, 0) is 19.1 Å². The molecule has 7 heteroatoms. The smallest absolute Gasteiger partial charge is 0.279 e. The number of rotatable bonds is 3. The zero-order valence-electron chi connectivity index (χ0n) is 10.6. The van der Waals surface area contributed by atoms with E-state index in [0.29, 0.717) is 11.6 Å². The molecule has 0 bridgehead atoms. The molecule has 0 aliphatic carbocycles. The monoisotopic (exact) mass is 269 g/mol. The number of benzene rings is 1. The summed E-state index contributed by atoms with van der Waals surface area (Å²) in [5, 5.41) is 14.4. The maximum absolute atomic E-state index is 12.0. The fourth-order valence-corrected chi connectivity index (χ4v) is 1.66. The van der Waals surface area contributed by atoms with Gasteiger partial charge in [-0.1, -0.05) is 23.4 Å². The van der Waals surface area contributed by atoms with E-state index in [1.165, 1.54) is 11.0 Å². The average Bonchev–Trinajstić information content (AvgIpc) is 3.09. The maximum Gasteiger partial charge on any atom is 0.279 e. The van der Waals surface area contributed by atoms with Crippen molar-refractivity contribution in [3.8, 4) is 5.69 Å². The summed E-state index contributed by atoms with van der Waals surface area (Å²) in [6.07, 6.45) is 1.40. The first-order valence-corrected chi connectivity index (χ1v) is 5.95. The van der Waals surface area contributed by atoms with Crippen molar-refractivity contribution >= 4 is 11.7 Å². The quantitative estimate of drug-likeness (QED) is 0.783. The van der Waals surface area contributed by atoms with Crippen LogP contribution in [-0.4, -0.2) is 26.1 Å². The van der Waals surface area contributed by atoms with Crippen molar-refractivity contribution in [1.29, 1.82) is 0 Å². The molecule has 0 atom stereocenters. The molecule has 2 aromatic heterocycles. The molecule has 20 heavy (non-hydrogen) atoms. The summed E-state index contributed by atoms with van der Waals surface area (Å²) >= 11 is 0. The predicted molar refractivity (Wildman–Crippen MR) is 70.6 cm³/mol. The molecule has 1 aromatic carbocycles. The first-order chi connectivity index (χ1) is 9.72. The van der Waals surface area contributed by atoms with E-state index in [2.05, 4.69) is 20.7 Å². The summed E-state index contributed by atoms with van der Waals surface area (Å²) in [6, 6.07) is 11.0. The van der Waals surface area contributed by atoms with Crippen LogP contribution in [0, 0.1) is 6.92 Å². The molecule has 1 amide bonds. The highest BCUT2D eigenvalue weighted by molar-refractivity contribution is 6.02. The molecular formula is C13H11N5O2. The number of nitrogens with one attached hydrogen (secondary N) is 1. The Kier molecular flexibility index (Phi) is 3.00. The Balaban J connectivity index is 1.78. The summed E-state index contributed by atoms with van der Waals surface area (Å²) in [5.74, 6) is 0.579. The normalized spacial score (nSPS) is 10.4. The van der Waals surface area contributed by atoms with Gasteiger partial charge in [0.1, 0.15) is 5.76 Å². The summed E-state index contributed by atoms with van der Waals surface area (Å²) in [5.41, 5.74) is 0.985. The lowest BCUT2D eigenvalue weighted by molar-refractivity contribution is 0.102. The Bertz CT molecular complexity index is 732. The number of amides is 1. The first-order valence-electron chi connectivity index (χ1n) is 5.95. The standard InChI is InChI=1S/C13H11N5O2/c1-9-7-12(17-20-9)15-13(19)11-8-14-18(16-11)10-5-3-2-4-6-10/h2-8H,1H3,(H,15,17,19). The van der Waals surface area contributed by atoms with Crippen LogP contribution >= 0.6 is 0 Å². The van der Waals surface area contributed by atoms with Crippen LogP contribution in [-0.2, 0) is 0 Å². The first kappa shape index (κ1) is 12.1. The molecular weight excluding hydrogens is 258 g/mol. The number of carbonyl (C=O) groups excluding carboxylic acids is 1. The minimum Gasteiger partial charge on any atom is -0.360 e. The van der Waals surface area contributed by atoms with Crippen LogP contribution in [0.4, 0.5) is 5.82 Å². The Morgan fingerprint density at radius 1 is 1.30 bits per heavy atom. The predicted octanol–water partition coefficient (Wildman–Crippen LogP) is 1.82. The van der Waals surface area contributed by atoms with Gasteiger partial charge in [0.2, 0.25) is 0 Å². The SMILES string of the molecule is Cc1cc(NC(=O)c2cnn(-c3ccccc3)n2)no1. The lowest BCUT2D eigenvalue weighted by Crippen LogP contribution is -2.13. The average molecular weight is 269 g/mol. The summed E-state index contributed by atoms with van der Waals surface area (Å²) in [6.45, 7) is 1.74. The van der Waals surface area contributed by atoms with E-state index < -0.39 is 0 Å². The van der Waals surface area contributed by atoms with Crippen LogP contribution in [0.25, 0.3) is 5.69 Å². The molecule has 0 saturated carbocycles. The second-order valence-corrected chi connectivity index (χ2v) is 4.13. The minimum atomic E-state index is -0.388. The number of para-hydroxylation sites is 1. The van der Waals surface area contributed by atoms with Crippen molar-refractivity contribution in [2.24, 2.45) is 0 Å². The molecule has 0 fully saturated rings. The second-order valence-electron chi connectivity index (χ2n) is 4.13. The molecule has 0 unspecified atom stereocenters. The molecule has 0 aliphatic rings. The molecule has 0 saturated heterocycles. The van der Waals surface area contributed by atoms with E-state index in [-0.39, 0.29) is 11.6 Å². The van der Waals surface area contributed by atoms with Crippen molar-refractivity contribution in [3.63, 3.8) is 0 Å². The topological polar surface area (TPSA) is 85.8 Å². The Morgan fingerprint density at radius 2 is 2.10 bits per heavy atom. The highest BCUT2D eigenvalue weighted by Gasteiger charge is 2.13. The molecule has 100 valence electrons. The van der Waals surface area contributed by atoms with Crippen molar-refractivity contribution in [2.75, 3.05) is 5.32 Å². The molecule has 7 nitrogen and oxygen atoms in total. The second kappa shape index (κ2) is 4.96. The van der Waals surface area contributed by atoms with Gasteiger partial charge in [-0.15, -0.1) is 5.10 Å². The van der Waals surface area contributed by atoms with E-state index in [4.69, 9.17) is 4.52 Å². The van der Waals surface area contributed by atoms with Crippen LogP contribution in [0.2, 0.25) is 0 Å². The van der Waals surface area contributed by atoms with Crippen LogP contribution in [0.3, 0.4) is 0 Å². The third-order valence-electron chi connectivity index (χ3n) is 2.58. The van der Waals surface area contributed by atoms with Gasteiger partial charge in [-0.3, -0.25) is 4.79 Å².